The summed E-state index contributed by atoms with van der Waals surface area (Å²) in [6.45, 7) is 6.76. The fraction of sp³-hybridized carbons (Fsp3) is 0.190. The van der Waals surface area contributed by atoms with Crippen LogP contribution in [0.1, 0.15) is 28.1 Å². The molecule has 0 unspecified atom stereocenters. The van der Waals surface area contributed by atoms with E-state index in [1.54, 1.807) is 24.5 Å². The third-order valence-corrected chi connectivity index (χ3v) is 4.22. The predicted molar refractivity (Wildman–Crippen MR) is 104 cm³/mol. The standard InChI is InChI=1S/C21H22N4O/c1-15-6-8-18(9-7-15)14-25-17(3)20(16(2)24-25)10-11-21(26)23-19-5-4-12-22-13-19/h4-13H,14H2,1-3H3,(H,23,26). The van der Waals surface area contributed by atoms with E-state index in [4.69, 9.17) is 0 Å². The number of carbonyl (C=O) groups excluding carboxylic acids is 1. The Morgan fingerprint density at radius 1 is 1.15 bits per heavy atom. The van der Waals surface area contributed by atoms with E-state index in [0.717, 1.165) is 17.0 Å². The molecule has 0 atom stereocenters. The minimum Gasteiger partial charge on any atom is -0.321 e. The van der Waals surface area contributed by atoms with Crippen molar-refractivity contribution in [3.05, 3.63) is 82.9 Å². The van der Waals surface area contributed by atoms with Crippen LogP contribution >= 0.6 is 0 Å². The number of nitrogens with zero attached hydrogens (tertiary/aromatic N) is 3. The third-order valence-electron chi connectivity index (χ3n) is 4.22. The van der Waals surface area contributed by atoms with Gasteiger partial charge >= 0.3 is 0 Å². The zero-order valence-electron chi connectivity index (χ0n) is 15.2. The van der Waals surface area contributed by atoms with E-state index in [9.17, 15) is 4.79 Å². The van der Waals surface area contributed by atoms with E-state index >= 15 is 0 Å². The maximum atomic E-state index is 12.1. The van der Waals surface area contributed by atoms with Crippen LogP contribution < -0.4 is 5.32 Å². The molecule has 2 aromatic heterocycles. The first kappa shape index (κ1) is 17.6. The molecule has 0 bridgehead atoms. The van der Waals surface area contributed by atoms with Gasteiger partial charge in [-0.3, -0.25) is 14.5 Å². The Balaban J connectivity index is 1.73. The summed E-state index contributed by atoms with van der Waals surface area (Å²) in [5, 5.41) is 7.40. The van der Waals surface area contributed by atoms with Gasteiger partial charge in [-0.1, -0.05) is 29.8 Å². The summed E-state index contributed by atoms with van der Waals surface area (Å²) in [6, 6.07) is 12.0. The van der Waals surface area contributed by atoms with Crippen molar-refractivity contribution in [2.75, 3.05) is 5.32 Å². The summed E-state index contributed by atoms with van der Waals surface area (Å²) < 4.78 is 1.97. The smallest absolute Gasteiger partial charge is 0.248 e. The number of aryl methyl sites for hydroxylation is 2. The van der Waals surface area contributed by atoms with Gasteiger partial charge in [-0.2, -0.15) is 5.10 Å². The number of amides is 1. The van der Waals surface area contributed by atoms with Crippen molar-refractivity contribution in [3.8, 4) is 0 Å². The Bertz CT molecular complexity index is 925. The highest BCUT2D eigenvalue weighted by Crippen LogP contribution is 2.17. The van der Waals surface area contributed by atoms with Gasteiger partial charge in [0.05, 0.1) is 24.1 Å². The number of rotatable bonds is 5. The molecule has 1 aromatic carbocycles. The molecule has 1 amide bonds. The van der Waals surface area contributed by atoms with Gasteiger partial charge < -0.3 is 5.32 Å². The van der Waals surface area contributed by atoms with Gasteiger partial charge in [0.15, 0.2) is 0 Å². The number of hydrogen-bond donors (Lipinski definition) is 1. The van der Waals surface area contributed by atoms with Gasteiger partial charge in [0.25, 0.3) is 0 Å². The molecule has 3 rings (SSSR count). The van der Waals surface area contributed by atoms with Crippen LogP contribution in [0.2, 0.25) is 0 Å². The van der Waals surface area contributed by atoms with Crippen molar-refractivity contribution >= 4 is 17.7 Å². The fourth-order valence-electron chi connectivity index (χ4n) is 2.75. The molecule has 132 valence electrons. The van der Waals surface area contributed by atoms with Gasteiger partial charge in [-0.15, -0.1) is 0 Å². The molecular weight excluding hydrogens is 324 g/mol. The fourth-order valence-corrected chi connectivity index (χ4v) is 2.75. The summed E-state index contributed by atoms with van der Waals surface area (Å²) in [4.78, 5) is 16.1. The Morgan fingerprint density at radius 3 is 2.62 bits per heavy atom. The number of anilines is 1. The molecule has 0 saturated carbocycles. The van der Waals surface area contributed by atoms with E-state index in [-0.39, 0.29) is 5.91 Å². The van der Waals surface area contributed by atoms with Gasteiger partial charge in [-0.05, 0) is 44.5 Å². The van der Waals surface area contributed by atoms with E-state index < -0.39 is 0 Å². The quantitative estimate of drug-likeness (QED) is 0.713. The lowest BCUT2D eigenvalue weighted by atomic mass is 10.1. The predicted octanol–water partition coefficient (Wildman–Crippen LogP) is 3.90. The molecule has 0 radical (unpaired) electrons. The topological polar surface area (TPSA) is 59.8 Å². The highest BCUT2D eigenvalue weighted by Gasteiger charge is 2.10. The monoisotopic (exact) mass is 346 g/mol. The third kappa shape index (κ3) is 4.25. The van der Waals surface area contributed by atoms with Crippen LogP contribution in [0.25, 0.3) is 6.08 Å². The second-order valence-corrected chi connectivity index (χ2v) is 6.29. The zero-order chi connectivity index (χ0) is 18.5. The summed E-state index contributed by atoms with van der Waals surface area (Å²) >= 11 is 0. The molecule has 3 aromatic rings. The maximum Gasteiger partial charge on any atom is 0.248 e. The van der Waals surface area contributed by atoms with Crippen molar-refractivity contribution in [1.29, 1.82) is 0 Å². The number of pyridine rings is 1. The Kier molecular flexibility index (Phi) is 5.27. The van der Waals surface area contributed by atoms with Crippen LogP contribution in [0.15, 0.2) is 54.9 Å². The Morgan fingerprint density at radius 2 is 1.92 bits per heavy atom. The molecule has 26 heavy (non-hydrogen) atoms. The molecule has 0 spiro atoms. The van der Waals surface area contributed by atoms with Crippen LogP contribution in [-0.4, -0.2) is 20.7 Å². The number of benzene rings is 1. The zero-order valence-corrected chi connectivity index (χ0v) is 15.2. The largest absolute Gasteiger partial charge is 0.321 e. The van der Waals surface area contributed by atoms with Crippen molar-refractivity contribution in [1.82, 2.24) is 14.8 Å². The van der Waals surface area contributed by atoms with E-state index in [1.807, 2.05) is 24.6 Å². The minimum atomic E-state index is -0.192. The lowest BCUT2D eigenvalue weighted by Gasteiger charge is -2.05. The van der Waals surface area contributed by atoms with Gasteiger partial charge in [0.2, 0.25) is 5.91 Å². The first-order valence-corrected chi connectivity index (χ1v) is 8.51. The second kappa shape index (κ2) is 7.78. The average Bonchev–Trinajstić information content (AvgIpc) is 2.89. The molecule has 1 N–H and O–H groups in total. The number of carbonyl (C=O) groups is 1. The van der Waals surface area contributed by atoms with Crippen molar-refractivity contribution in [2.45, 2.75) is 27.3 Å². The van der Waals surface area contributed by atoms with Crippen LogP contribution in [0, 0.1) is 20.8 Å². The second-order valence-electron chi connectivity index (χ2n) is 6.29. The average molecular weight is 346 g/mol. The molecule has 0 saturated heterocycles. The highest BCUT2D eigenvalue weighted by atomic mass is 16.1. The molecule has 5 heteroatoms. The Hall–Kier alpha value is -3.21. The van der Waals surface area contributed by atoms with Crippen LogP contribution in [0.3, 0.4) is 0 Å². The van der Waals surface area contributed by atoms with Crippen molar-refractivity contribution < 1.29 is 4.79 Å². The molecule has 5 nitrogen and oxygen atoms in total. The van der Waals surface area contributed by atoms with Crippen LogP contribution in [0.5, 0.6) is 0 Å². The first-order valence-electron chi connectivity index (χ1n) is 8.51. The van der Waals surface area contributed by atoms with E-state index in [1.165, 1.54) is 17.2 Å². The SMILES string of the molecule is Cc1ccc(Cn2nc(C)c(C=CC(=O)Nc3cccnc3)c2C)cc1. The molecule has 0 aliphatic heterocycles. The molecular formula is C21H22N4O. The molecule has 0 fully saturated rings. The maximum absolute atomic E-state index is 12.1. The summed E-state index contributed by atoms with van der Waals surface area (Å²) in [5.74, 6) is -0.192. The number of hydrogen-bond acceptors (Lipinski definition) is 3. The molecule has 2 heterocycles. The van der Waals surface area contributed by atoms with Crippen molar-refractivity contribution in [3.63, 3.8) is 0 Å². The molecule has 0 aliphatic carbocycles. The number of aromatic nitrogens is 3. The number of nitrogens with one attached hydrogen (secondary N) is 1. The summed E-state index contributed by atoms with van der Waals surface area (Å²) in [7, 11) is 0. The van der Waals surface area contributed by atoms with Crippen molar-refractivity contribution in [2.24, 2.45) is 0 Å². The summed E-state index contributed by atoms with van der Waals surface area (Å²) in [5.41, 5.74) is 6.02. The van der Waals surface area contributed by atoms with E-state index in [0.29, 0.717) is 12.2 Å². The minimum absolute atomic E-state index is 0.192. The summed E-state index contributed by atoms with van der Waals surface area (Å²) in [6.07, 6.45) is 6.62. The molecule has 0 aliphatic rings. The van der Waals surface area contributed by atoms with Crippen LogP contribution in [-0.2, 0) is 11.3 Å². The Labute approximate surface area is 153 Å². The van der Waals surface area contributed by atoms with Gasteiger partial charge in [0, 0.05) is 23.5 Å². The van der Waals surface area contributed by atoms with E-state index in [2.05, 4.69) is 46.6 Å². The lowest BCUT2D eigenvalue weighted by molar-refractivity contribution is -0.111. The lowest BCUT2D eigenvalue weighted by Crippen LogP contribution is -2.07. The van der Waals surface area contributed by atoms with Gasteiger partial charge in [-0.25, -0.2) is 0 Å². The van der Waals surface area contributed by atoms with Crippen LogP contribution in [0.4, 0.5) is 5.69 Å². The van der Waals surface area contributed by atoms with Gasteiger partial charge in [0.1, 0.15) is 0 Å². The normalized spacial score (nSPS) is 11.0. The highest BCUT2D eigenvalue weighted by molar-refractivity contribution is 6.01. The first-order chi connectivity index (χ1) is 12.5.